The summed E-state index contributed by atoms with van der Waals surface area (Å²) in [6.45, 7) is 4.64. The summed E-state index contributed by atoms with van der Waals surface area (Å²) in [7, 11) is 0. The SMILES string of the molecule is CC(C)C1CCc2cccnc2C1. The molecule has 0 bridgehead atoms. The van der Waals surface area contributed by atoms with Crippen LogP contribution in [0.4, 0.5) is 0 Å². The second-order valence-corrected chi connectivity index (χ2v) is 4.36. The molecule has 1 aromatic rings. The Labute approximate surface area is 80.2 Å². The standard InChI is InChI=1S/C12H17N/c1-9(2)11-6-5-10-4-3-7-13-12(10)8-11/h3-4,7,9,11H,5-6,8H2,1-2H3. The Morgan fingerprint density at radius 3 is 3.08 bits per heavy atom. The molecule has 1 heteroatoms. The lowest BCUT2D eigenvalue weighted by Crippen LogP contribution is -2.19. The smallest absolute Gasteiger partial charge is 0.0438 e. The largest absolute Gasteiger partial charge is 0.261 e. The molecule has 0 radical (unpaired) electrons. The van der Waals surface area contributed by atoms with E-state index in [0.717, 1.165) is 11.8 Å². The van der Waals surface area contributed by atoms with Crippen LogP contribution in [0.25, 0.3) is 0 Å². The van der Waals surface area contributed by atoms with Crippen LogP contribution in [-0.2, 0) is 12.8 Å². The second-order valence-electron chi connectivity index (χ2n) is 4.36. The molecule has 0 spiro atoms. The van der Waals surface area contributed by atoms with Crippen LogP contribution in [0.2, 0.25) is 0 Å². The first kappa shape index (κ1) is 8.74. The van der Waals surface area contributed by atoms with Gasteiger partial charge in [0.2, 0.25) is 0 Å². The van der Waals surface area contributed by atoms with E-state index in [1.807, 2.05) is 6.20 Å². The predicted molar refractivity (Wildman–Crippen MR) is 54.6 cm³/mol. The average molecular weight is 175 g/mol. The quantitative estimate of drug-likeness (QED) is 0.639. The highest BCUT2D eigenvalue weighted by Gasteiger charge is 2.21. The van der Waals surface area contributed by atoms with Crippen molar-refractivity contribution in [2.24, 2.45) is 11.8 Å². The molecule has 70 valence electrons. The minimum atomic E-state index is 0.801. The zero-order valence-corrected chi connectivity index (χ0v) is 8.46. The molecule has 1 aliphatic rings. The minimum Gasteiger partial charge on any atom is -0.261 e. The first-order valence-electron chi connectivity index (χ1n) is 5.20. The Morgan fingerprint density at radius 1 is 1.46 bits per heavy atom. The number of aryl methyl sites for hydroxylation is 1. The zero-order valence-electron chi connectivity index (χ0n) is 8.46. The summed E-state index contributed by atoms with van der Waals surface area (Å²) >= 11 is 0. The van der Waals surface area contributed by atoms with Gasteiger partial charge < -0.3 is 0 Å². The number of nitrogens with zero attached hydrogens (tertiary/aromatic N) is 1. The van der Waals surface area contributed by atoms with Crippen molar-refractivity contribution in [1.29, 1.82) is 0 Å². The predicted octanol–water partition coefficient (Wildman–Crippen LogP) is 2.84. The molecule has 0 N–H and O–H groups in total. The maximum Gasteiger partial charge on any atom is 0.0438 e. The molecular weight excluding hydrogens is 158 g/mol. The third kappa shape index (κ3) is 1.74. The molecule has 13 heavy (non-hydrogen) atoms. The van der Waals surface area contributed by atoms with Gasteiger partial charge in [-0.15, -0.1) is 0 Å². The Kier molecular flexibility index (Phi) is 2.34. The Morgan fingerprint density at radius 2 is 2.31 bits per heavy atom. The van der Waals surface area contributed by atoms with Gasteiger partial charge in [0.1, 0.15) is 0 Å². The van der Waals surface area contributed by atoms with Gasteiger partial charge in [-0.25, -0.2) is 0 Å². The molecular formula is C12H17N. The van der Waals surface area contributed by atoms with E-state index >= 15 is 0 Å². The molecule has 2 rings (SSSR count). The van der Waals surface area contributed by atoms with Gasteiger partial charge in [-0.2, -0.15) is 0 Å². The van der Waals surface area contributed by atoms with Crippen LogP contribution >= 0.6 is 0 Å². The van der Waals surface area contributed by atoms with E-state index in [-0.39, 0.29) is 0 Å². The van der Waals surface area contributed by atoms with Crippen molar-refractivity contribution in [2.45, 2.75) is 33.1 Å². The molecule has 0 aliphatic heterocycles. The van der Waals surface area contributed by atoms with Gasteiger partial charge in [0.05, 0.1) is 0 Å². The van der Waals surface area contributed by atoms with Crippen LogP contribution in [0.15, 0.2) is 18.3 Å². The minimum absolute atomic E-state index is 0.801. The lowest BCUT2D eigenvalue weighted by atomic mass is 9.80. The third-order valence-electron chi connectivity index (χ3n) is 3.17. The van der Waals surface area contributed by atoms with Crippen molar-refractivity contribution in [1.82, 2.24) is 4.98 Å². The molecule has 0 aromatic carbocycles. The maximum absolute atomic E-state index is 4.45. The highest BCUT2D eigenvalue weighted by atomic mass is 14.7. The van der Waals surface area contributed by atoms with Gasteiger partial charge in [0, 0.05) is 11.9 Å². The number of pyridine rings is 1. The summed E-state index contributed by atoms with van der Waals surface area (Å²) in [5, 5.41) is 0. The van der Waals surface area contributed by atoms with Crippen LogP contribution in [-0.4, -0.2) is 4.98 Å². The van der Waals surface area contributed by atoms with E-state index in [1.165, 1.54) is 30.5 Å². The van der Waals surface area contributed by atoms with E-state index in [4.69, 9.17) is 0 Å². The molecule has 0 saturated heterocycles. The van der Waals surface area contributed by atoms with Crippen molar-refractivity contribution in [3.8, 4) is 0 Å². The van der Waals surface area contributed by atoms with E-state index in [2.05, 4.69) is 31.0 Å². The number of aromatic nitrogens is 1. The first-order chi connectivity index (χ1) is 6.27. The van der Waals surface area contributed by atoms with Crippen LogP contribution < -0.4 is 0 Å². The van der Waals surface area contributed by atoms with Crippen LogP contribution in [0, 0.1) is 11.8 Å². The normalized spacial score (nSPS) is 21.6. The topological polar surface area (TPSA) is 12.9 Å². The molecule has 1 unspecified atom stereocenters. The molecule has 0 amide bonds. The van der Waals surface area contributed by atoms with Crippen LogP contribution in [0.5, 0.6) is 0 Å². The maximum atomic E-state index is 4.45. The monoisotopic (exact) mass is 175 g/mol. The summed E-state index contributed by atoms with van der Waals surface area (Å²) in [5.41, 5.74) is 2.81. The van der Waals surface area contributed by atoms with Crippen molar-refractivity contribution in [3.63, 3.8) is 0 Å². The van der Waals surface area contributed by atoms with Gasteiger partial charge in [-0.05, 0) is 42.7 Å². The summed E-state index contributed by atoms with van der Waals surface area (Å²) in [6, 6.07) is 4.27. The van der Waals surface area contributed by atoms with E-state index in [1.54, 1.807) is 0 Å². The van der Waals surface area contributed by atoms with E-state index in [9.17, 15) is 0 Å². The van der Waals surface area contributed by atoms with Crippen LogP contribution in [0.3, 0.4) is 0 Å². The fourth-order valence-corrected chi connectivity index (χ4v) is 2.14. The van der Waals surface area contributed by atoms with Gasteiger partial charge in [0.25, 0.3) is 0 Å². The highest BCUT2D eigenvalue weighted by Crippen LogP contribution is 2.28. The lowest BCUT2D eigenvalue weighted by molar-refractivity contribution is 0.339. The molecule has 1 atom stereocenters. The summed E-state index contributed by atoms with van der Waals surface area (Å²) in [5.74, 6) is 1.65. The number of fused-ring (bicyclic) bond motifs is 1. The summed E-state index contributed by atoms with van der Waals surface area (Å²) in [6.07, 6.45) is 5.68. The molecule has 0 fully saturated rings. The van der Waals surface area contributed by atoms with Gasteiger partial charge in [-0.1, -0.05) is 19.9 Å². The van der Waals surface area contributed by atoms with E-state index < -0.39 is 0 Å². The Bertz CT molecular complexity index is 291. The number of hydrogen-bond acceptors (Lipinski definition) is 1. The van der Waals surface area contributed by atoms with Crippen molar-refractivity contribution in [2.75, 3.05) is 0 Å². The van der Waals surface area contributed by atoms with Gasteiger partial charge >= 0.3 is 0 Å². The molecule has 0 saturated carbocycles. The van der Waals surface area contributed by atoms with Crippen molar-refractivity contribution < 1.29 is 0 Å². The van der Waals surface area contributed by atoms with Gasteiger partial charge in [-0.3, -0.25) is 4.98 Å². The number of rotatable bonds is 1. The zero-order chi connectivity index (χ0) is 9.26. The number of hydrogen-bond donors (Lipinski definition) is 0. The van der Waals surface area contributed by atoms with Crippen molar-refractivity contribution >= 4 is 0 Å². The molecule has 1 aliphatic carbocycles. The average Bonchev–Trinajstić information content (AvgIpc) is 2.17. The fraction of sp³-hybridized carbons (Fsp3) is 0.583. The Hall–Kier alpha value is -0.850. The molecule has 1 nitrogen and oxygen atoms in total. The van der Waals surface area contributed by atoms with Crippen LogP contribution in [0.1, 0.15) is 31.5 Å². The lowest BCUT2D eigenvalue weighted by Gasteiger charge is -2.26. The molecule has 1 heterocycles. The first-order valence-corrected chi connectivity index (χ1v) is 5.20. The van der Waals surface area contributed by atoms with E-state index in [0.29, 0.717) is 0 Å². The highest BCUT2D eigenvalue weighted by molar-refractivity contribution is 5.22. The van der Waals surface area contributed by atoms with Crippen molar-refractivity contribution in [3.05, 3.63) is 29.6 Å². The summed E-state index contributed by atoms with van der Waals surface area (Å²) in [4.78, 5) is 4.45. The second kappa shape index (κ2) is 3.49. The molecule has 1 aromatic heterocycles. The Balaban J connectivity index is 2.20. The third-order valence-corrected chi connectivity index (χ3v) is 3.17. The van der Waals surface area contributed by atoms with Gasteiger partial charge in [0.15, 0.2) is 0 Å². The fourth-order valence-electron chi connectivity index (χ4n) is 2.14. The summed E-state index contributed by atoms with van der Waals surface area (Å²) < 4.78 is 0.